The van der Waals surface area contributed by atoms with Crippen molar-refractivity contribution in [3.63, 3.8) is 0 Å². The molecule has 0 spiro atoms. The first kappa shape index (κ1) is 14.3. The summed E-state index contributed by atoms with van der Waals surface area (Å²) in [5.74, 6) is 0. The molecule has 0 saturated heterocycles. The molecule has 0 amide bonds. The third-order valence-electron chi connectivity index (χ3n) is 4.04. The molecular formula is C20H16N3O+. The maximum absolute atomic E-state index is 12.7. The lowest BCUT2D eigenvalue weighted by Gasteiger charge is -2.12. The lowest BCUT2D eigenvalue weighted by atomic mass is 10.0. The molecule has 4 aromatic rings. The van der Waals surface area contributed by atoms with Gasteiger partial charge in [-0.1, -0.05) is 48.5 Å². The van der Waals surface area contributed by atoms with Crippen molar-refractivity contribution in [2.75, 3.05) is 0 Å². The van der Waals surface area contributed by atoms with Gasteiger partial charge in [-0.25, -0.2) is 4.98 Å². The molecule has 1 N–H and O–H groups in total. The molecule has 1 unspecified atom stereocenters. The third kappa shape index (κ3) is 2.58. The van der Waals surface area contributed by atoms with Crippen LogP contribution in [0.25, 0.3) is 11.0 Å². The first-order chi connectivity index (χ1) is 11.8. The minimum atomic E-state index is -0.277. The first-order valence-corrected chi connectivity index (χ1v) is 7.82. The summed E-state index contributed by atoms with van der Waals surface area (Å²) < 4.78 is 2.00. The highest BCUT2D eigenvalue weighted by Crippen LogP contribution is 2.18. The number of benzene rings is 2. The number of hydrogen-bond acceptors (Lipinski definition) is 2. The summed E-state index contributed by atoms with van der Waals surface area (Å²) in [6, 6.07) is 23.1. The zero-order chi connectivity index (χ0) is 16.4. The second-order valence-corrected chi connectivity index (χ2v) is 5.60. The average molecular weight is 314 g/mol. The van der Waals surface area contributed by atoms with E-state index in [-0.39, 0.29) is 11.6 Å². The Morgan fingerprint density at radius 3 is 2.29 bits per heavy atom. The number of nitrogens with one attached hydrogen (secondary N) is 1. The lowest BCUT2D eigenvalue weighted by molar-refractivity contribution is -0.705. The van der Waals surface area contributed by atoms with Crippen LogP contribution in [0.2, 0.25) is 0 Å². The number of aromatic amines is 1. The quantitative estimate of drug-likeness (QED) is 0.591. The molecule has 116 valence electrons. The van der Waals surface area contributed by atoms with Crippen LogP contribution in [-0.4, -0.2) is 9.97 Å². The number of H-pyrrole nitrogens is 1. The van der Waals surface area contributed by atoms with Gasteiger partial charge in [0, 0.05) is 17.7 Å². The van der Waals surface area contributed by atoms with Crippen LogP contribution in [0.4, 0.5) is 0 Å². The van der Waals surface area contributed by atoms with Gasteiger partial charge in [0.25, 0.3) is 5.56 Å². The van der Waals surface area contributed by atoms with Gasteiger partial charge in [-0.15, -0.1) is 0 Å². The molecule has 2 aromatic heterocycles. The van der Waals surface area contributed by atoms with Crippen molar-refractivity contribution < 1.29 is 4.57 Å². The molecule has 4 heteroatoms. The molecule has 0 fully saturated rings. The zero-order valence-electron chi connectivity index (χ0n) is 13.0. The van der Waals surface area contributed by atoms with Crippen LogP contribution in [0.15, 0.2) is 90.0 Å². The molecule has 4 nitrogen and oxygen atoms in total. The van der Waals surface area contributed by atoms with Crippen LogP contribution < -0.4 is 10.1 Å². The third-order valence-corrected chi connectivity index (χ3v) is 4.04. The Kier molecular flexibility index (Phi) is 3.63. The molecule has 2 aromatic carbocycles. The standard InChI is InChI=1S/C20H15N3O/c24-20-18(21-16-11-5-6-12-17(16)22-20)19(15-9-3-1-4-10-15)23-13-7-2-8-14-23/h1-14,19H/p+1. The molecule has 0 bridgehead atoms. The van der Waals surface area contributed by atoms with Gasteiger partial charge in [0.05, 0.1) is 11.0 Å². The molecule has 24 heavy (non-hydrogen) atoms. The van der Waals surface area contributed by atoms with Gasteiger partial charge in [-0.2, -0.15) is 4.57 Å². The summed E-state index contributed by atoms with van der Waals surface area (Å²) in [5, 5.41) is 0. The molecule has 0 saturated carbocycles. The van der Waals surface area contributed by atoms with E-state index in [0.29, 0.717) is 5.69 Å². The number of aromatic nitrogens is 3. The van der Waals surface area contributed by atoms with Crippen molar-refractivity contribution in [3.8, 4) is 0 Å². The van der Waals surface area contributed by atoms with Crippen LogP contribution >= 0.6 is 0 Å². The van der Waals surface area contributed by atoms with E-state index < -0.39 is 0 Å². The highest BCUT2D eigenvalue weighted by molar-refractivity contribution is 5.73. The Morgan fingerprint density at radius 2 is 1.50 bits per heavy atom. The van der Waals surface area contributed by atoms with Gasteiger partial charge >= 0.3 is 0 Å². The minimum Gasteiger partial charge on any atom is -0.319 e. The number of nitrogens with zero attached hydrogens (tertiary/aromatic N) is 2. The number of hydrogen-bond donors (Lipinski definition) is 1. The highest BCUT2D eigenvalue weighted by atomic mass is 16.1. The molecule has 0 aliphatic rings. The van der Waals surface area contributed by atoms with Gasteiger partial charge in [0.2, 0.25) is 6.04 Å². The summed E-state index contributed by atoms with van der Waals surface area (Å²) in [7, 11) is 0. The predicted molar refractivity (Wildman–Crippen MR) is 92.7 cm³/mol. The van der Waals surface area contributed by atoms with Crippen molar-refractivity contribution in [2.24, 2.45) is 0 Å². The fourth-order valence-corrected chi connectivity index (χ4v) is 2.92. The van der Waals surface area contributed by atoms with E-state index in [1.165, 1.54) is 0 Å². The van der Waals surface area contributed by atoms with Crippen LogP contribution in [0, 0.1) is 0 Å². The number of para-hydroxylation sites is 2. The Hall–Kier alpha value is -3.27. The molecule has 2 heterocycles. The van der Waals surface area contributed by atoms with Crippen LogP contribution in [-0.2, 0) is 0 Å². The molecule has 0 radical (unpaired) electrons. The largest absolute Gasteiger partial charge is 0.319 e. The minimum absolute atomic E-state index is 0.168. The zero-order valence-corrected chi connectivity index (χ0v) is 13.0. The van der Waals surface area contributed by atoms with Crippen molar-refractivity contribution >= 4 is 11.0 Å². The summed E-state index contributed by atoms with van der Waals surface area (Å²) in [4.78, 5) is 20.3. The molecule has 1 atom stereocenters. The predicted octanol–water partition coefficient (Wildman–Crippen LogP) is 2.85. The highest BCUT2D eigenvalue weighted by Gasteiger charge is 2.27. The van der Waals surface area contributed by atoms with Crippen LogP contribution in [0.5, 0.6) is 0 Å². The molecule has 0 aliphatic carbocycles. The van der Waals surface area contributed by atoms with E-state index in [1.807, 2.05) is 89.8 Å². The Balaban J connectivity index is 1.97. The molecule has 4 rings (SSSR count). The van der Waals surface area contributed by atoms with Crippen molar-refractivity contribution in [1.82, 2.24) is 9.97 Å². The molecule has 0 aliphatic heterocycles. The number of pyridine rings is 1. The van der Waals surface area contributed by atoms with Crippen molar-refractivity contribution in [3.05, 3.63) is 107 Å². The van der Waals surface area contributed by atoms with E-state index in [2.05, 4.69) is 9.97 Å². The Morgan fingerprint density at radius 1 is 0.833 bits per heavy atom. The lowest BCUT2D eigenvalue weighted by Crippen LogP contribution is -2.43. The van der Waals surface area contributed by atoms with Gasteiger partial charge in [0.15, 0.2) is 18.1 Å². The van der Waals surface area contributed by atoms with Crippen molar-refractivity contribution in [1.29, 1.82) is 0 Å². The summed E-state index contributed by atoms with van der Waals surface area (Å²) in [5.41, 5.74) is 2.86. The smallest absolute Gasteiger partial charge is 0.277 e. The average Bonchev–Trinajstić information content (AvgIpc) is 2.64. The van der Waals surface area contributed by atoms with Crippen LogP contribution in [0.3, 0.4) is 0 Å². The van der Waals surface area contributed by atoms with Crippen LogP contribution in [0.1, 0.15) is 17.3 Å². The second-order valence-electron chi connectivity index (χ2n) is 5.60. The van der Waals surface area contributed by atoms with Gasteiger partial charge in [0.1, 0.15) is 0 Å². The van der Waals surface area contributed by atoms with E-state index in [1.54, 1.807) is 0 Å². The van der Waals surface area contributed by atoms with Gasteiger partial charge in [-0.05, 0) is 12.1 Å². The SMILES string of the molecule is O=c1[nH]c2ccccc2nc1C(c1ccccc1)[n+]1ccccc1. The summed E-state index contributed by atoms with van der Waals surface area (Å²) in [6.07, 6.45) is 3.90. The van der Waals surface area contributed by atoms with Gasteiger partial charge < -0.3 is 4.98 Å². The second kappa shape index (κ2) is 6.08. The first-order valence-electron chi connectivity index (χ1n) is 7.82. The maximum atomic E-state index is 12.7. The fraction of sp³-hybridized carbons (Fsp3) is 0.0500. The number of rotatable bonds is 3. The maximum Gasteiger partial charge on any atom is 0.277 e. The fourth-order valence-electron chi connectivity index (χ4n) is 2.92. The topological polar surface area (TPSA) is 49.6 Å². The van der Waals surface area contributed by atoms with E-state index in [4.69, 9.17) is 0 Å². The van der Waals surface area contributed by atoms with E-state index in [9.17, 15) is 4.79 Å². The van der Waals surface area contributed by atoms with E-state index in [0.717, 1.165) is 16.6 Å². The summed E-state index contributed by atoms with van der Waals surface area (Å²) in [6.45, 7) is 0. The van der Waals surface area contributed by atoms with E-state index >= 15 is 0 Å². The monoisotopic (exact) mass is 314 g/mol. The van der Waals surface area contributed by atoms with Crippen molar-refractivity contribution in [2.45, 2.75) is 6.04 Å². The van der Waals surface area contributed by atoms with Gasteiger partial charge in [-0.3, -0.25) is 4.79 Å². The number of fused-ring (bicyclic) bond motifs is 1. The molecular weight excluding hydrogens is 298 g/mol. The summed E-state index contributed by atoms with van der Waals surface area (Å²) >= 11 is 0. The Labute approximate surface area is 139 Å². The Bertz CT molecular complexity index is 987. The normalized spacial score (nSPS) is 12.2.